The predicted octanol–water partition coefficient (Wildman–Crippen LogP) is 0.213. The minimum atomic E-state index is -0.634. The number of nitro benzene ring substituents is 1. The Morgan fingerprint density at radius 2 is 2.27 bits per heavy atom. The molecule has 0 aliphatic carbocycles. The zero-order chi connectivity index (χ0) is 18.7. The lowest BCUT2D eigenvalue weighted by atomic mass is 10.2. The van der Waals surface area contributed by atoms with Crippen LogP contribution in [-0.4, -0.2) is 42.4 Å². The molecule has 3 aromatic rings. The maximum atomic E-state index is 12.2. The Morgan fingerprint density at radius 1 is 1.46 bits per heavy atom. The fourth-order valence-electron chi connectivity index (χ4n) is 2.02. The molecule has 0 radical (unpaired) electrons. The van der Waals surface area contributed by atoms with Crippen LogP contribution >= 0.6 is 0 Å². The number of nitrogen functional groups attached to an aromatic ring is 1. The number of amides is 1. The number of benzene rings is 1. The Bertz CT molecular complexity index is 1010. The molecule has 0 aliphatic heterocycles. The third kappa shape index (κ3) is 3.21. The van der Waals surface area contributed by atoms with Gasteiger partial charge in [0.2, 0.25) is 11.6 Å². The summed E-state index contributed by atoms with van der Waals surface area (Å²) < 4.78 is 5.68. The van der Waals surface area contributed by atoms with E-state index in [0.29, 0.717) is 11.3 Å². The van der Waals surface area contributed by atoms with Gasteiger partial charge in [-0.05, 0) is 17.2 Å². The molecule has 0 fully saturated rings. The number of carbonyl (C=O) groups is 1. The van der Waals surface area contributed by atoms with E-state index in [0.717, 1.165) is 0 Å². The SMILES string of the molecule is Cc1c(C(=O)N/N=C\c2cccc([N+](=O)[O-])c2)nnn1-c1nonc1N. The van der Waals surface area contributed by atoms with E-state index >= 15 is 0 Å². The fraction of sp³-hybridized carbons (Fsp3) is 0.0769. The van der Waals surface area contributed by atoms with Crippen molar-refractivity contribution in [2.24, 2.45) is 5.10 Å². The van der Waals surface area contributed by atoms with Crippen molar-refractivity contribution in [3.8, 4) is 5.82 Å². The van der Waals surface area contributed by atoms with Crippen LogP contribution < -0.4 is 11.2 Å². The van der Waals surface area contributed by atoms with Gasteiger partial charge in [0.15, 0.2) is 5.69 Å². The van der Waals surface area contributed by atoms with Gasteiger partial charge in [-0.15, -0.1) is 5.10 Å². The summed E-state index contributed by atoms with van der Waals surface area (Å²) in [6, 6.07) is 5.78. The summed E-state index contributed by atoms with van der Waals surface area (Å²) in [5, 5.41) is 29.0. The van der Waals surface area contributed by atoms with Crippen LogP contribution in [0.1, 0.15) is 21.7 Å². The first-order valence-corrected chi connectivity index (χ1v) is 7.06. The highest BCUT2D eigenvalue weighted by Crippen LogP contribution is 2.14. The van der Waals surface area contributed by atoms with Crippen molar-refractivity contribution < 1.29 is 14.3 Å². The number of nitrogens with one attached hydrogen (secondary N) is 1. The van der Waals surface area contributed by atoms with Crippen molar-refractivity contribution in [1.29, 1.82) is 0 Å². The molecule has 0 atom stereocenters. The van der Waals surface area contributed by atoms with Gasteiger partial charge in [-0.25, -0.2) is 10.1 Å². The molecule has 13 nitrogen and oxygen atoms in total. The van der Waals surface area contributed by atoms with Crippen LogP contribution in [0.15, 0.2) is 34.0 Å². The monoisotopic (exact) mass is 357 g/mol. The quantitative estimate of drug-likeness (QED) is 0.366. The molecule has 0 saturated carbocycles. The highest BCUT2D eigenvalue weighted by molar-refractivity contribution is 5.94. The fourth-order valence-corrected chi connectivity index (χ4v) is 2.02. The number of nitro groups is 1. The summed E-state index contributed by atoms with van der Waals surface area (Å²) in [4.78, 5) is 22.4. The molecule has 3 N–H and O–H groups in total. The van der Waals surface area contributed by atoms with Gasteiger partial charge < -0.3 is 5.73 Å². The Labute approximate surface area is 144 Å². The van der Waals surface area contributed by atoms with Crippen LogP contribution in [0.5, 0.6) is 0 Å². The van der Waals surface area contributed by atoms with Crippen molar-refractivity contribution in [2.75, 3.05) is 5.73 Å². The van der Waals surface area contributed by atoms with Gasteiger partial charge in [-0.3, -0.25) is 14.9 Å². The molecule has 2 aromatic heterocycles. The lowest BCUT2D eigenvalue weighted by molar-refractivity contribution is -0.384. The minimum absolute atomic E-state index is 0.00588. The van der Waals surface area contributed by atoms with Crippen molar-refractivity contribution in [3.05, 3.63) is 51.3 Å². The van der Waals surface area contributed by atoms with E-state index in [1.165, 1.54) is 29.1 Å². The van der Waals surface area contributed by atoms with Crippen LogP contribution in [0.2, 0.25) is 0 Å². The number of hydrogen-bond acceptors (Lipinski definition) is 10. The van der Waals surface area contributed by atoms with Crippen molar-refractivity contribution in [2.45, 2.75) is 6.92 Å². The van der Waals surface area contributed by atoms with Gasteiger partial charge in [-0.2, -0.15) is 9.78 Å². The molecule has 13 heteroatoms. The maximum absolute atomic E-state index is 12.2. The Morgan fingerprint density at radius 3 is 2.96 bits per heavy atom. The third-order valence-corrected chi connectivity index (χ3v) is 3.27. The van der Waals surface area contributed by atoms with Gasteiger partial charge in [0, 0.05) is 17.7 Å². The first-order chi connectivity index (χ1) is 12.5. The van der Waals surface area contributed by atoms with Crippen molar-refractivity contribution in [1.82, 2.24) is 30.7 Å². The zero-order valence-electron chi connectivity index (χ0n) is 13.2. The summed E-state index contributed by atoms with van der Waals surface area (Å²) in [6.45, 7) is 1.58. The number of rotatable bonds is 5. The zero-order valence-corrected chi connectivity index (χ0v) is 13.2. The molecule has 0 saturated heterocycles. The average Bonchev–Trinajstić information content (AvgIpc) is 3.20. The Kier molecular flexibility index (Phi) is 4.34. The predicted molar refractivity (Wildman–Crippen MR) is 86.5 cm³/mol. The first kappa shape index (κ1) is 16.7. The molecule has 1 amide bonds. The van der Waals surface area contributed by atoms with Gasteiger partial charge in [-0.1, -0.05) is 17.3 Å². The lowest BCUT2D eigenvalue weighted by Crippen LogP contribution is -2.19. The summed E-state index contributed by atoms with van der Waals surface area (Å²) >= 11 is 0. The van der Waals surface area contributed by atoms with Crippen LogP contribution in [-0.2, 0) is 0 Å². The van der Waals surface area contributed by atoms with Crippen LogP contribution in [0.4, 0.5) is 11.5 Å². The summed E-state index contributed by atoms with van der Waals surface area (Å²) in [6.07, 6.45) is 1.27. The van der Waals surface area contributed by atoms with Crippen LogP contribution in [0.3, 0.4) is 0 Å². The normalized spacial score (nSPS) is 11.0. The van der Waals surface area contributed by atoms with E-state index in [4.69, 9.17) is 5.73 Å². The van der Waals surface area contributed by atoms with Crippen molar-refractivity contribution in [3.63, 3.8) is 0 Å². The first-order valence-electron chi connectivity index (χ1n) is 7.06. The molecular formula is C13H11N9O4. The van der Waals surface area contributed by atoms with Gasteiger partial charge in [0.1, 0.15) is 0 Å². The molecule has 1 aromatic carbocycles. The van der Waals surface area contributed by atoms with Crippen LogP contribution in [0.25, 0.3) is 5.82 Å². The standard InChI is InChI=1S/C13H11N9O4/c1-7-10(16-20-21(7)12-11(14)18-26-19-12)13(23)17-15-6-8-3-2-4-9(5-8)22(24)25/h2-6H,1H3,(H2,14,18)(H,17,23)/b15-6-. The number of aromatic nitrogens is 5. The van der Waals surface area contributed by atoms with E-state index in [1.54, 1.807) is 13.0 Å². The molecule has 0 aliphatic rings. The molecule has 0 bridgehead atoms. The topological polar surface area (TPSA) is 180 Å². The number of hydrogen-bond donors (Lipinski definition) is 2. The molecular weight excluding hydrogens is 346 g/mol. The molecule has 26 heavy (non-hydrogen) atoms. The Balaban J connectivity index is 1.73. The highest BCUT2D eigenvalue weighted by atomic mass is 16.6. The second-order valence-electron chi connectivity index (χ2n) is 4.96. The number of carbonyl (C=O) groups excluding carboxylic acids is 1. The van der Waals surface area contributed by atoms with E-state index in [2.05, 4.69) is 35.8 Å². The average molecular weight is 357 g/mol. The highest BCUT2D eigenvalue weighted by Gasteiger charge is 2.20. The van der Waals surface area contributed by atoms with Crippen molar-refractivity contribution >= 4 is 23.6 Å². The summed E-state index contributed by atoms with van der Waals surface area (Å²) in [5.74, 6) is -0.534. The maximum Gasteiger partial charge on any atom is 0.293 e. The number of hydrazone groups is 1. The second kappa shape index (κ2) is 6.76. The van der Waals surface area contributed by atoms with E-state index in [1.807, 2.05) is 0 Å². The molecule has 132 valence electrons. The third-order valence-electron chi connectivity index (χ3n) is 3.27. The molecule has 0 unspecified atom stereocenters. The lowest BCUT2D eigenvalue weighted by Gasteiger charge is -1.99. The van der Waals surface area contributed by atoms with Crippen LogP contribution in [0, 0.1) is 17.0 Å². The molecule has 0 spiro atoms. The van der Waals surface area contributed by atoms with E-state index in [9.17, 15) is 14.9 Å². The smallest absolute Gasteiger partial charge is 0.293 e. The minimum Gasteiger partial charge on any atom is -0.378 e. The Hall–Kier alpha value is -4.16. The second-order valence-corrected chi connectivity index (χ2v) is 4.96. The number of non-ortho nitro benzene ring substituents is 1. The van der Waals surface area contributed by atoms with Gasteiger partial charge >= 0.3 is 0 Å². The van der Waals surface area contributed by atoms with E-state index in [-0.39, 0.29) is 23.0 Å². The van der Waals surface area contributed by atoms with Gasteiger partial charge in [0.25, 0.3) is 11.6 Å². The largest absolute Gasteiger partial charge is 0.378 e. The molecule has 3 rings (SSSR count). The molecule has 2 heterocycles. The van der Waals surface area contributed by atoms with E-state index < -0.39 is 10.8 Å². The van der Waals surface area contributed by atoms with Gasteiger partial charge in [0.05, 0.1) is 16.8 Å². The summed E-state index contributed by atoms with van der Waals surface area (Å²) in [5.41, 5.74) is 8.53. The number of anilines is 1. The number of nitrogens with zero attached hydrogens (tertiary/aromatic N) is 7. The number of nitrogens with two attached hydrogens (primary N) is 1. The summed E-state index contributed by atoms with van der Waals surface area (Å²) in [7, 11) is 0.